The highest BCUT2D eigenvalue weighted by molar-refractivity contribution is 5.77. The van der Waals surface area contributed by atoms with E-state index < -0.39 is 0 Å². The lowest BCUT2D eigenvalue weighted by molar-refractivity contribution is -0.128. The van der Waals surface area contributed by atoms with E-state index in [-0.39, 0.29) is 11.4 Å². The van der Waals surface area contributed by atoms with E-state index in [9.17, 15) is 4.79 Å². The van der Waals surface area contributed by atoms with Crippen molar-refractivity contribution < 1.29 is 4.79 Å². The number of carbonyl (C=O) groups excluding carboxylic acids is 1. The number of hydrogen-bond donors (Lipinski definition) is 0. The summed E-state index contributed by atoms with van der Waals surface area (Å²) in [5, 5.41) is 0. The van der Waals surface area contributed by atoms with Gasteiger partial charge in [0.1, 0.15) is 0 Å². The summed E-state index contributed by atoms with van der Waals surface area (Å²) in [4.78, 5) is 16.1. The quantitative estimate of drug-likeness (QED) is 0.714. The van der Waals surface area contributed by atoms with E-state index in [1.165, 1.54) is 5.56 Å². The van der Waals surface area contributed by atoms with E-state index in [0.29, 0.717) is 6.42 Å². The Balaban J connectivity index is 2.65. The zero-order chi connectivity index (χ0) is 16.6. The predicted octanol–water partition coefficient (Wildman–Crippen LogP) is 3.84. The molecule has 1 amide bonds. The van der Waals surface area contributed by atoms with Crippen molar-refractivity contribution in [1.29, 1.82) is 0 Å². The highest BCUT2D eigenvalue weighted by atomic mass is 16.2. The largest absolute Gasteiger partial charge is 0.322 e. The second-order valence-electron chi connectivity index (χ2n) is 6.41. The average Bonchev–Trinajstić information content (AvgIpc) is 2.48. The van der Waals surface area contributed by atoms with Crippen molar-refractivity contribution in [3.8, 4) is 0 Å². The van der Waals surface area contributed by atoms with Crippen molar-refractivity contribution in [1.82, 2.24) is 9.80 Å². The maximum absolute atomic E-state index is 12.1. The Morgan fingerprint density at radius 2 is 1.86 bits per heavy atom. The molecule has 0 aliphatic rings. The minimum Gasteiger partial charge on any atom is -0.322 e. The van der Waals surface area contributed by atoms with E-state index in [1.807, 2.05) is 6.07 Å². The molecule has 0 heterocycles. The fraction of sp³-hybridized carbons (Fsp3) is 0.421. The van der Waals surface area contributed by atoms with Crippen LogP contribution in [-0.4, -0.2) is 34.8 Å². The smallest absolute Gasteiger partial charge is 0.227 e. The zero-order valence-electron chi connectivity index (χ0n) is 14.2. The summed E-state index contributed by atoms with van der Waals surface area (Å²) in [5.41, 5.74) is 1.29. The van der Waals surface area contributed by atoms with Crippen LogP contribution in [-0.2, 0) is 11.3 Å². The molecule has 0 spiro atoms. The highest BCUT2D eigenvalue weighted by Crippen LogP contribution is 2.18. The Morgan fingerprint density at radius 1 is 1.23 bits per heavy atom. The van der Waals surface area contributed by atoms with Gasteiger partial charge in [0.2, 0.25) is 5.91 Å². The third kappa shape index (κ3) is 6.27. The van der Waals surface area contributed by atoms with Crippen molar-refractivity contribution in [3.05, 3.63) is 60.8 Å². The summed E-state index contributed by atoms with van der Waals surface area (Å²) in [6.45, 7) is 11.7. The van der Waals surface area contributed by atoms with Crippen molar-refractivity contribution in [2.24, 2.45) is 0 Å². The molecule has 1 aromatic carbocycles. The molecule has 1 aromatic rings. The van der Waals surface area contributed by atoms with Crippen LogP contribution in [0.15, 0.2) is 55.3 Å². The number of allylic oxidation sites excluding steroid dienone is 2. The van der Waals surface area contributed by atoms with Gasteiger partial charge in [-0.3, -0.25) is 9.69 Å². The van der Waals surface area contributed by atoms with Gasteiger partial charge in [0.15, 0.2) is 0 Å². The van der Waals surface area contributed by atoms with Gasteiger partial charge in [-0.15, -0.1) is 0 Å². The van der Waals surface area contributed by atoms with Crippen LogP contribution in [0, 0.1) is 0 Å². The number of rotatable bonds is 7. The molecule has 0 radical (unpaired) electrons. The Hall–Kier alpha value is -1.87. The molecule has 0 bridgehead atoms. The molecule has 0 saturated carbocycles. The molecule has 0 unspecified atom stereocenters. The van der Waals surface area contributed by atoms with Crippen LogP contribution < -0.4 is 0 Å². The maximum Gasteiger partial charge on any atom is 0.227 e. The Kier molecular flexibility index (Phi) is 7.06. The van der Waals surface area contributed by atoms with E-state index >= 15 is 0 Å². The molecule has 3 heteroatoms. The molecule has 1 rings (SSSR count). The first-order valence-electron chi connectivity index (χ1n) is 7.68. The van der Waals surface area contributed by atoms with Crippen LogP contribution in [0.4, 0.5) is 0 Å². The van der Waals surface area contributed by atoms with Gasteiger partial charge in [-0.25, -0.2) is 0 Å². The molecule has 0 atom stereocenters. The molecular formula is C19H28N2O. The van der Waals surface area contributed by atoms with Crippen molar-refractivity contribution in [2.45, 2.75) is 39.3 Å². The number of nitrogens with zero attached hydrogens (tertiary/aromatic N) is 2. The summed E-state index contributed by atoms with van der Waals surface area (Å²) in [6.07, 6.45) is 5.68. The molecule has 0 aliphatic heterocycles. The van der Waals surface area contributed by atoms with Crippen LogP contribution >= 0.6 is 0 Å². The van der Waals surface area contributed by atoms with Crippen LogP contribution in [0.2, 0.25) is 0 Å². The third-order valence-electron chi connectivity index (χ3n) is 3.60. The summed E-state index contributed by atoms with van der Waals surface area (Å²) in [7, 11) is 1.78. The minimum atomic E-state index is 0.0195. The topological polar surface area (TPSA) is 23.6 Å². The van der Waals surface area contributed by atoms with Crippen molar-refractivity contribution in [3.63, 3.8) is 0 Å². The lowest BCUT2D eigenvalue weighted by Gasteiger charge is -2.36. The fourth-order valence-electron chi connectivity index (χ4n) is 2.14. The summed E-state index contributed by atoms with van der Waals surface area (Å²) < 4.78 is 0. The van der Waals surface area contributed by atoms with Crippen LogP contribution in [0.3, 0.4) is 0 Å². The standard InChI is InChI=1S/C19H28N2O/c1-6-7-14-20(5)18(22)13-15-21(19(2,3)4)16-17-11-9-8-10-12-17/h6-12,14H,1,13,15-16H2,2-5H3/b14-7-. The Labute approximate surface area is 134 Å². The first-order chi connectivity index (χ1) is 10.3. The van der Waals surface area contributed by atoms with E-state index in [2.05, 4.69) is 56.5 Å². The van der Waals surface area contributed by atoms with Crippen LogP contribution in [0.25, 0.3) is 0 Å². The van der Waals surface area contributed by atoms with Crippen molar-refractivity contribution >= 4 is 5.91 Å². The molecule has 22 heavy (non-hydrogen) atoms. The van der Waals surface area contributed by atoms with Gasteiger partial charge in [0.05, 0.1) is 0 Å². The molecule has 0 aromatic heterocycles. The van der Waals surface area contributed by atoms with Gasteiger partial charge in [0, 0.05) is 38.3 Å². The molecular weight excluding hydrogens is 272 g/mol. The molecule has 120 valence electrons. The lowest BCUT2D eigenvalue weighted by Crippen LogP contribution is -2.42. The summed E-state index contributed by atoms with van der Waals surface area (Å²) >= 11 is 0. The second-order valence-corrected chi connectivity index (χ2v) is 6.41. The average molecular weight is 300 g/mol. The number of hydrogen-bond acceptors (Lipinski definition) is 2. The summed E-state index contributed by atoms with van der Waals surface area (Å²) in [5.74, 6) is 0.111. The van der Waals surface area contributed by atoms with Crippen LogP contribution in [0.5, 0.6) is 0 Å². The molecule has 0 N–H and O–H groups in total. The molecule has 0 aliphatic carbocycles. The first kappa shape index (κ1) is 18.2. The fourth-order valence-corrected chi connectivity index (χ4v) is 2.14. The monoisotopic (exact) mass is 300 g/mol. The SMILES string of the molecule is C=C/C=C\N(C)C(=O)CCN(Cc1ccccc1)C(C)(C)C. The number of carbonyl (C=O) groups is 1. The van der Waals surface area contributed by atoms with Gasteiger partial charge < -0.3 is 4.90 Å². The second kappa shape index (κ2) is 8.54. The van der Waals surface area contributed by atoms with Crippen molar-refractivity contribution in [2.75, 3.05) is 13.6 Å². The van der Waals surface area contributed by atoms with E-state index in [1.54, 1.807) is 30.3 Å². The van der Waals surface area contributed by atoms with Gasteiger partial charge in [-0.2, -0.15) is 0 Å². The van der Waals surface area contributed by atoms with Gasteiger partial charge in [0.25, 0.3) is 0 Å². The molecule has 3 nitrogen and oxygen atoms in total. The van der Waals surface area contributed by atoms with Crippen LogP contribution in [0.1, 0.15) is 32.8 Å². The third-order valence-corrected chi connectivity index (χ3v) is 3.60. The summed E-state index contributed by atoms with van der Waals surface area (Å²) in [6, 6.07) is 10.4. The minimum absolute atomic E-state index is 0.0195. The number of benzene rings is 1. The van der Waals surface area contributed by atoms with Gasteiger partial charge >= 0.3 is 0 Å². The normalized spacial score (nSPS) is 11.9. The first-order valence-corrected chi connectivity index (χ1v) is 7.68. The zero-order valence-corrected chi connectivity index (χ0v) is 14.2. The number of amides is 1. The van der Waals surface area contributed by atoms with E-state index in [4.69, 9.17) is 0 Å². The highest BCUT2D eigenvalue weighted by Gasteiger charge is 2.22. The van der Waals surface area contributed by atoms with E-state index in [0.717, 1.165) is 13.1 Å². The molecule has 0 fully saturated rings. The van der Waals surface area contributed by atoms with Gasteiger partial charge in [-0.1, -0.05) is 43.0 Å². The predicted molar refractivity (Wildman–Crippen MR) is 93.3 cm³/mol. The Morgan fingerprint density at radius 3 is 2.41 bits per heavy atom. The lowest BCUT2D eigenvalue weighted by atomic mass is 10.0. The van der Waals surface area contributed by atoms with Gasteiger partial charge in [-0.05, 0) is 32.4 Å². The maximum atomic E-state index is 12.1. The molecule has 0 saturated heterocycles. The Bertz CT molecular complexity index is 500.